The van der Waals surface area contributed by atoms with Gasteiger partial charge in [-0.15, -0.1) is 10.2 Å². The molecule has 8 heteroatoms. The van der Waals surface area contributed by atoms with Gasteiger partial charge in [0.2, 0.25) is 5.16 Å². The average molecular weight is 370 g/mol. The molecule has 0 atom stereocenters. The van der Waals surface area contributed by atoms with Crippen LogP contribution in [0.2, 0.25) is 0 Å². The van der Waals surface area contributed by atoms with Gasteiger partial charge in [0.15, 0.2) is 5.82 Å². The summed E-state index contributed by atoms with van der Waals surface area (Å²) in [6.45, 7) is 0.243. The molecule has 2 aromatic carbocycles. The van der Waals surface area contributed by atoms with Gasteiger partial charge in [0.05, 0.1) is 12.9 Å². The SMILES string of the molecule is COc1ccc(-c2nnc(SCC(=O)OCc3ccccc3)n2N)cc1. The Morgan fingerprint density at radius 1 is 1.12 bits per heavy atom. The van der Waals surface area contributed by atoms with E-state index in [0.717, 1.165) is 16.9 Å². The molecule has 26 heavy (non-hydrogen) atoms. The Morgan fingerprint density at radius 2 is 1.85 bits per heavy atom. The Labute approximate surface area is 155 Å². The van der Waals surface area contributed by atoms with Crippen LogP contribution < -0.4 is 10.6 Å². The quantitative estimate of drug-likeness (QED) is 0.388. The fourth-order valence-electron chi connectivity index (χ4n) is 2.22. The van der Waals surface area contributed by atoms with Crippen molar-refractivity contribution in [2.75, 3.05) is 18.7 Å². The molecule has 3 aromatic rings. The summed E-state index contributed by atoms with van der Waals surface area (Å²) >= 11 is 1.18. The van der Waals surface area contributed by atoms with Crippen molar-refractivity contribution in [2.24, 2.45) is 0 Å². The summed E-state index contributed by atoms with van der Waals surface area (Å²) in [5, 5.41) is 8.56. The van der Waals surface area contributed by atoms with E-state index in [1.807, 2.05) is 54.6 Å². The lowest BCUT2D eigenvalue weighted by molar-refractivity contribution is -0.141. The average Bonchev–Trinajstić information content (AvgIpc) is 3.06. The van der Waals surface area contributed by atoms with Gasteiger partial charge >= 0.3 is 5.97 Å². The molecule has 0 aliphatic heterocycles. The van der Waals surface area contributed by atoms with Crippen molar-refractivity contribution in [1.82, 2.24) is 14.9 Å². The third kappa shape index (κ3) is 4.34. The van der Waals surface area contributed by atoms with E-state index in [0.29, 0.717) is 11.0 Å². The number of methoxy groups -OCH3 is 1. The van der Waals surface area contributed by atoms with Crippen LogP contribution in [-0.2, 0) is 16.1 Å². The van der Waals surface area contributed by atoms with E-state index in [-0.39, 0.29) is 18.3 Å². The van der Waals surface area contributed by atoms with Crippen LogP contribution in [0, 0.1) is 0 Å². The number of carbonyl (C=O) groups excluding carboxylic acids is 1. The minimum atomic E-state index is -0.340. The lowest BCUT2D eigenvalue weighted by Gasteiger charge is -2.06. The number of nitrogens with two attached hydrogens (primary N) is 1. The Morgan fingerprint density at radius 3 is 2.54 bits per heavy atom. The number of benzene rings is 2. The van der Waals surface area contributed by atoms with Crippen molar-refractivity contribution in [3.8, 4) is 17.1 Å². The predicted octanol–water partition coefficient (Wildman–Crippen LogP) is 2.50. The fourth-order valence-corrected chi connectivity index (χ4v) is 2.87. The molecule has 1 aromatic heterocycles. The van der Waals surface area contributed by atoms with Crippen molar-refractivity contribution < 1.29 is 14.3 Å². The highest BCUT2D eigenvalue weighted by Crippen LogP contribution is 2.23. The number of nitrogens with zero attached hydrogens (tertiary/aromatic N) is 3. The van der Waals surface area contributed by atoms with Crippen LogP contribution in [0.4, 0.5) is 0 Å². The van der Waals surface area contributed by atoms with Crippen LogP contribution in [0.1, 0.15) is 5.56 Å². The molecule has 0 saturated carbocycles. The van der Waals surface area contributed by atoms with Gasteiger partial charge in [-0.05, 0) is 29.8 Å². The van der Waals surface area contributed by atoms with E-state index in [2.05, 4.69) is 10.2 Å². The first kappa shape index (κ1) is 17.8. The number of esters is 1. The fraction of sp³-hybridized carbons (Fsp3) is 0.167. The zero-order chi connectivity index (χ0) is 18.4. The van der Waals surface area contributed by atoms with Crippen LogP contribution >= 0.6 is 11.8 Å². The number of thioether (sulfide) groups is 1. The Balaban J connectivity index is 1.57. The Hall–Kier alpha value is -3.00. The van der Waals surface area contributed by atoms with Crippen LogP contribution in [0.5, 0.6) is 5.75 Å². The standard InChI is InChI=1S/C18H18N4O3S/c1-24-15-9-7-14(8-10-15)17-20-21-18(22(17)19)26-12-16(23)25-11-13-5-3-2-4-6-13/h2-10H,11-12,19H2,1H3. The molecular weight excluding hydrogens is 352 g/mol. The molecular formula is C18H18N4O3S. The van der Waals surface area contributed by atoms with Gasteiger partial charge in [0.25, 0.3) is 0 Å². The Kier molecular flexibility index (Phi) is 5.75. The molecule has 3 rings (SSSR count). The van der Waals surface area contributed by atoms with Gasteiger partial charge in [-0.3, -0.25) is 4.79 Å². The highest BCUT2D eigenvalue weighted by atomic mass is 32.2. The van der Waals surface area contributed by atoms with Crippen molar-refractivity contribution >= 4 is 17.7 Å². The van der Waals surface area contributed by atoms with E-state index < -0.39 is 0 Å². The minimum Gasteiger partial charge on any atom is -0.497 e. The summed E-state index contributed by atoms with van der Waals surface area (Å²) in [6.07, 6.45) is 0. The van der Waals surface area contributed by atoms with E-state index in [1.54, 1.807) is 7.11 Å². The number of hydrogen-bond acceptors (Lipinski definition) is 7. The normalized spacial score (nSPS) is 10.5. The number of ether oxygens (including phenoxy) is 2. The van der Waals surface area contributed by atoms with E-state index in [9.17, 15) is 4.79 Å². The lowest BCUT2D eigenvalue weighted by atomic mass is 10.2. The van der Waals surface area contributed by atoms with Crippen LogP contribution in [0.25, 0.3) is 11.4 Å². The molecule has 1 heterocycles. The zero-order valence-electron chi connectivity index (χ0n) is 14.2. The maximum atomic E-state index is 11.9. The first-order valence-electron chi connectivity index (χ1n) is 7.84. The first-order chi connectivity index (χ1) is 12.7. The molecule has 134 valence electrons. The highest BCUT2D eigenvalue weighted by Gasteiger charge is 2.14. The van der Waals surface area contributed by atoms with Gasteiger partial charge in [0.1, 0.15) is 12.4 Å². The van der Waals surface area contributed by atoms with Crippen molar-refractivity contribution in [3.63, 3.8) is 0 Å². The van der Waals surface area contributed by atoms with Crippen LogP contribution in [0.15, 0.2) is 59.8 Å². The van der Waals surface area contributed by atoms with Gasteiger partial charge in [-0.2, -0.15) is 0 Å². The van der Waals surface area contributed by atoms with Crippen LogP contribution in [0.3, 0.4) is 0 Å². The molecule has 0 fully saturated rings. The van der Waals surface area contributed by atoms with Crippen LogP contribution in [-0.4, -0.2) is 33.7 Å². The molecule has 0 aliphatic carbocycles. The maximum absolute atomic E-state index is 11.9. The molecule has 0 spiro atoms. The topological polar surface area (TPSA) is 92.3 Å². The van der Waals surface area contributed by atoms with E-state index in [1.165, 1.54) is 16.4 Å². The lowest BCUT2D eigenvalue weighted by Crippen LogP contribution is -2.13. The van der Waals surface area contributed by atoms with Crippen molar-refractivity contribution in [2.45, 2.75) is 11.8 Å². The van der Waals surface area contributed by atoms with E-state index >= 15 is 0 Å². The summed E-state index contributed by atoms with van der Waals surface area (Å²) in [5.74, 6) is 7.06. The predicted molar refractivity (Wildman–Crippen MR) is 99.1 cm³/mol. The number of aromatic nitrogens is 3. The van der Waals surface area contributed by atoms with Gasteiger partial charge in [0, 0.05) is 5.56 Å². The molecule has 0 unspecified atom stereocenters. The molecule has 0 amide bonds. The Bertz CT molecular complexity index is 866. The third-order valence-electron chi connectivity index (χ3n) is 3.57. The second kappa shape index (κ2) is 8.39. The number of rotatable bonds is 7. The molecule has 7 nitrogen and oxygen atoms in total. The van der Waals surface area contributed by atoms with Crippen molar-refractivity contribution in [1.29, 1.82) is 0 Å². The molecule has 0 saturated heterocycles. The largest absolute Gasteiger partial charge is 0.497 e. The number of nitrogen functional groups attached to an aromatic ring is 1. The van der Waals surface area contributed by atoms with Crippen molar-refractivity contribution in [3.05, 3.63) is 60.2 Å². The summed E-state index contributed by atoms with van der Waals surface area (Å²) in [7, 11) is 1.60. The third-order valence-corrected chi connectivity index (χ3v) is 4.49. The van der Waals surface area contributed by atoms with Gasteiger partial charge < -0.3 is 15.3 Å². The molecule has 0 radical (unpaired) electrons. The summed E-state index contributed by atoms with van der Waals surface area (Å²) in [4.78, 5) is 11.9. The van der Waals surface area contributed by atoms with Gasteiger partial charge in [-0.25, -0.2) is 4.68 Å². The number of hydrogen-bond donors (Lipinski definition) is 1. The summed E-state index contributed by atoms with van der Waals surface area (Å²) < 4.78 is 11.7. The maximum Gasteiger partial charge on any atom is 0.316 e. The molecule has 2 N–H and O–H groups in total. The molecule has 0 bridgehead atoms. The number of carbonyl (C=O) groups is 1. The van der Waals surface area contributed by atoms with E-state index in [4.69, 9.17) is 15.3 Å². The minimum absolute atomic E-state index is 0.102. The summed E-state index contributed by atoms with van der Waals surface area (Å²) in [5.41, 5.74) is 1.74. The summed E-state index contributed by atoms with van der Waals surface area (Å²) in [6, 6.07) is 16.8. The van der Waals surface area contributed by atoms with Gasteiger partial charge in [-0.1, -0.05) is 42.1 Å². The zero-order valence-corrected chi connectivity index (χ0v) is 15.0. The highest BCUT2D eigenvalue weighted by molar-refractivity contribution is 7.99. The first-order valence-corrected chi connectivity index (χ1v) is 8.83. The second-order valence-corrected chi connectivity index (χ2v) is 6.28. The smallest absolute Gasteiger partial charge is 0.316 e. The monoisotopic (exact) mass is 370 g/mol. The molecule has 0 aliphatic rings. The second-order valence-electron chi connectivity index (χ2n) is 5.34.